The molecule has 0 aliphatic carbocycles. The van der Waals surface area contributed by atoms with E-state index < -0.39 is 0 Å². The standard InChI is InChI=1S/C15H18N6O2/c1-9-5-20(6-10(2)23-9)7-11-3-12-13(16-4-11)19-15(22)21-14(12)17-8-18-21/h3-4,8-10H,5-7H2,1-2H3,(H,16,19,22)/t9-,10+. The summed E-state index contributed by atoms with van der Waals surface area (Å²) in [5.41, 5.74) is 1.81. The van der Waals surface area contributed by atoms with Crippen LogP contribution in [0, 0.1) is 0 Å². The van der Waals surface area contributed by atoms with Crippen molar-refractivity contribution >= 4 is 16.7 Å². The summed E-state index contributed by atoms with van der Waals surface area (Å²) in [4.78, 5) is 25.5. The van der Waals surface area contributed by atoms with Crippen LogP contribution in [0.15, 0.2) is 23.4 Å². The number of pyridine rings is 1. The number of aromatic nitrogens is 5. The first kappa shape index (κ1) is 14.3. The molecule has 0 aromatic carbocycles. The SMILES string of the molecule is C[C@@H]1CN(Cc2cnc3[nH]c(=O)n4ncnc4c3c2)C[C@H](C)O1. The number of nitrogens with one attached hydrogen (secondary N) is 1. The molecule has 8 heteroatoms. The van der Waals surface area contributed by atoms with Crippen LogP contribution in [0.3, 0.4) is 0 Å². The van der Waals surface area contributed by atoms with Crippen LogP contribution >= 0.6 is 0 Å². The molecular formula is C15H18N6O2. The third kappa shape index (κ3) is 2.60. The van der Waals surface area contributed by atoms with Crippen LogP contribution in [-0.2, 0) is 11.3 Å². The van der Waals surface area contributed by atoms with E-state index in [1.165, 1.54) is 10.8 Å². The molecular weight excluding hydrogens is 296 g/mol. The quantitative estimate of drug-likeness (QED) is 0.744. The normalized spacial score (nSPS) is 22.9. The van der Waals surface area contributed by atoms with Crippen molar-refractivity contribution in [2.24, 2.45) is 0 Å². The minimum atomic E-state index is -0.332. The van der Waals surface area contributed by atoms with Crippen LogP contribution in [0.5, 0.6) is 0 Å². The van der Waals surface area contributed by atoms with Gasteiger partial charge in [0, 0.05) is 25.8 Å². The molecule has 23 heavy (non-hydrogen) atoms. The summed E-state index contributed by atoms with van der Waals surface area (Å²) in [6.07, 6.45) is 3.64. The van der Waals surface area contributed by atoms with E-state index in [9.17, 15) is 4.79 Å². The lowest BCUT2D eigenvalue weighted by atomic mass is 10.1. The molecule has 0 spiro atoms. The van der Waals surface area contributed by atoms with Gasteiger partial charge in [0.05, 0.1) is 17.6 Å². The molecule has 120 valence electrons. The maximum absolute atomic E-state index is 11.9. The Labute approximate surface area is 132 Å². The van der Waals surface area contributed by atoms with E-state index in [1.807, 2.05) is 6.07 Å². The molecule has 1 aliphatic heterocycles. The van der Waals surface area contributed by atoms with Gasteiger partial charge in [-0.2, -0.15) is 9.61 Å². The Bertz CT molecular complexity index is 907. The van der Waals surface area contributed by atoms with Gasteiger partial charge in [0.15, 0.2) is 5.65 Å². The van der Waals surface area contributed by atoms with Crippen LogP contribution in [-0.4, -0.2) is 54.8 Å². The van der Waals surface area contributed by atoms with Gasteiger partial charge >= 0.3 is 5.69 Å². The lowest BCUT2D eigenvalue weighted by Crippen LogP contribution is -2.44. The lowest BCUT2D eigenvalue weighted by Gasteiger charge is -2.35. The number of hydrogen-bond acceptors (Lipinski definition) is 6. The topological polar surface area (TPSA) is 88.4 Å². The second-order valence-corrected chi connectivity index (χ2v) is 6.12. The molecule has 0 amide bonds. The zero-order valence-electron chi connectivity index (χ0n) is 13.1. The Morgan fingerprint density at radius 3 is 2.87 bits per heavy atom. The summed E-state index contributed by atoms with van der Waals surface area (Å²) < 4.78 is 7.02. The van der Waals surface area contributed by atoms with Crippen LogP contribution < -0.4 is 5.69 Å². The third-order valence-corrected chi connectivity index (χ3v) is 4.05. The van der Waals surface area contributed by atoms with Crippen molar-refractivity contribution in [2.75, 3.05) is 13.1 Å². The van der Waals surface area contributed by atoms with E-state index >= 15 is 0 Å². The Morgan fingerprint density at radius 1 is 1.30 bits per heavy atom. The van der Waals surface area contributed by atoms with Crippen LogP contribution in [0.25, 0.3) is 16.7 Å². The molecule has 1 N–H and O–H groups in total. The fourth-order valence-corrected chi connectivity index (χ4v) is 3.26. The summed E-state index contributed by atoms with van der Waals surface area (Å²) in [6, 6.07) is 2.02. The number of H-pyrrole nitrogens is 1. The number of nitrogens with zero attached hydrogens (tertiary/aromatic N) is 5. The molecule has 1 aliphatic rings. The summed E-state index contributed by atoms with van der Waals surface area (Å²) in [7, 11) is 0. The summed E-state index contributed by atoms with van der Waals surface area (Å²) >= 11 is 0. The van der Waals surface area contributed by atoms with E-state index in [-0.39, 0.29) is 17.9 Å². The van der Waals surface area contributed by atoms with Gasteiger partial charge in [-0.3, -0.25) is 9.88 Å². The van der Waals surface area contributed by atoms with Gasteiger partial charge in [0.25, 0.3) is 0 Å². The monoisotopic (exact) mass is 314 g/mol. The van der Waals surface area contributed by atoms with Crippen molar-refractivity contribution in [1.82, 2.24) is 29.5 Å². The van der Waals surface area contributed by atoms with Crippen molar-refractivity contribution in [2.45, 2.75) is 32.6 Å². The molecule has 0 bridgehead atoms. The Kier molecular flexibility index (Phi) is 3.35. The van der Waals surface area contributed by atoms with E-state index in [0.717, 1.165) is 30.6 Å². The molecule has 4 heterocycles. The van der Waals surface area contributed by atoms with Gasteiger partial charge in [-0.15, -0.1) is 0 Å². The molecule has 0 unspecified atom stereocenters. The van der Waals surface area contributed by atoms with Crippen molar-refractivity contribution in [3.8, 4) is 0 Å². The largest absolute Gasteiger partial charge is 0.373 e. The number of aromatic amines is 1. The predicted molar refractivity (Wildman–Crippen MR) is 84.2 cm³/mol. The zero-order chi connectivity index (χ0) is 16.0. The highest BCUT2D eigenvalue weighted by Gasteiger charge is 2.22. The van der Waals surface area contributed by atoms with Crippen molar-refractivity contribution in [3.63, 3.8) is 0 Å². The van der Waals surface area contributed by atoms with Gasteiger partial charge in [0.2, 0.25) is 0 Å². The minimum Gasteiger partial charge on any atom is -0.373 e. The van der Waals surface area contributed by atoms with Gasteiger partial charge in [-0.25, -0.2) is 14.8 Å². The number of rotatable bonds is 2. The summed E-state index contributed by atoms with van der Waals surface area (Å²) in [5, 5.41) is 4.74. The average molecular weight is 314 g/mol. The maximum Gasteiger partial charge on any atom is 0.349 e. The molecule has 1 fully saturated rings. The third-order valence-electron chi connectivity index (χ3n) is 4.05. The van der Waals surface area contributed by atoms with Gasteiger partial charge in [-0.05, 0) is 25.5 Å². The predicted octanol–water partition coefficient (Wildman–Crippen LogP) is 0.575. The van der Waals surface area contributed by atoms with Gasteiger partial charge in [0.1, 0.15) is 12.0 Å². The smallest absolute Gasteiger partial charge is 0.349 e. The minimum absolute atomic E-state index is 0.228. The van der Waals surface area contributed by atoms with E-state index in [0.29, 0.717) is 11.3 Å². The first-order valence-corrected chi connectivity index (χ1v) is 7.68. The number of fused-ring (bicyclic) bond motifs is 3. The zero-order valence-corrected chi connectivity index (χ0v) is 13.1. The Morgan fingerprint density at radius 2 is 2.09 bits per heavy atom. The lowest BCUT2D eigenvalue weighted by molar-refractivity contribution is -0.0705. The summed E-state index contributed by atoms with van der Waals surface area (Å²) in [5.74, 6) is 0. The van der Waals surface area contributed by atoms with Crippen molar-refractivity contribution in [1.29, 1.82) is 0 Å². The number of morpholine rings is 1. The fraction of sp³-hybridized carbons (Fsp3) is 0.467. The first-order chi connectivity index (χ1) is 11.1. The van der Waals surface area contributed by atoms with Crippen molar-refractivity contribution in [3.05, 3.63) is 34.6 Å². The van der Waals surface area contributed by atoms with Gasteiger partial charge in [-0.1, -0.05) is 0 Å². The molecule has 3 aromatic heterocycles. The molecule has 2 atom stereocenters. The van der Waals surface area contributed by atoms with Crippen molar-refractivity contribution < 1.29 is 4.74 Å². The van der Waals surface area contributed by atoms with E-state index in [4.69, 9.17) is 4.74 Å². The van der Waals surface area contributed by atoms with E-state index in [2.05, 4.69) is 38.8 Å². The molecule has 1 saturated heterocycles. The van der Waals surface area contributed by atoms with Crippen LogP contribution in [0.1, 0.15) is 19.4 Å². The Balaban J connectivity index is 1.71. The Hall–Kier alpha value is -2.32. The fourth-order valence-electron chi connectivity index (χ4n) is 3.26. The summed E-state index contributed by atoms with van der Waals surface area (Å²) in [6.45, 7) is 6.76. The maximum atomic E-state index is 11.9. The molecule has 0 saturated carbocycles. The second-order valence-electron chi connectivity index (χ2n) is 6.12. The average Bonchev–Trinajstić information content (AvgIpc) is 2.97. The highest BCUT2D eigenvalue weighted by molar-refractivity contribution is 5.88. The number of ether oxygens (including phenoxy) is 1. The molecule has 8 nitrogen and oxygen atoms in total. The van der Waals surface area contributed by atoms with E-state index in [1.54, 1.807) is 6.20 Å². The highest BCUT2D eigenvalue weighted by atomic mass is 16.5. The highest BCUT2D eigenvalue weighted by Crippen LogP contribution is 2.18. The second kappa shape index (κ2) is 5.39. The van der Waals surface area contributed by atoms with Gasteiger partial charge < -0.3 is 4.74 Å². The number of hydrogen-bond donors (Lipinski definition) is 1. The van der Waals surface area contributed by atoms with Crippen LogP contribution in [0.2, 0.25) is 0 Å². The molecule has 4 rings (SSSR count). The van der Waals surface area contributed by atoms with Crippen LogP contribution in [0.4, 0.5) is 0 Å². The first-order valence-electron chi connectivity index (χ1n) is 7.68. The molecule has 3 aromatic rings. The molecule has 0 radical (unpaired) electrons.